The third-order valence-electron chi connectivity index (χ3n) is 0.670. The zero-order chi connectivity index (χ0) is 6.41. The number of rotatable bonds is 3. The van der Waals surface area contributed by atoms with Crippen molar-refractivity contribution in [3.63, 3.8) is 0 Å². The number of carbonyl (C=O) groups excluding carboxylic acids is 1. The Bertz CT molecular complexity index is 68.9. The quantitative estimate of drug-likeness (QED) is 0.512. The fourth-order valence-electron chi connectivity index (χ4n) is 0.275. The molecule has 46 valence electrons. The van der Waals surface area contributed by atoms with E-state index in [9.17, 15) is 4.79 Å². The molecule has 0 heterocycles. The number of esters is 1. The summed E-state index contributed by atoms with van der Waals surface area (Å²) in [6, 6.07) is 0. The van der Waals surface area contributed by atoms with Gasteiger partial charge in [0.15, 0.2) is 0 Å². The third-order valence-corrected chi connectivity index (χ3v) is 0.670. The first-order chi connectivity index (χ1) is 3.81. The first-order valence-corrected chi connectivity index (χ1v) is 2.67. The summed E-state index contributed by atoms with van der Waals surface area (Å²) in [5, 5.41) is 0. The van der Waals surface area contributed by atoms with E-state index in [-0.39, 0.29) is 5.97 Å². The Morgan fingerprint density at radius 1 is 1.75 bits per heavy atom. The van der Waals surface area contributed by atoms with Crippen LogP contribution in [-0.2, 0) is 9.53 Å². The Kier molecular flexibility index (Phi) is 4.32. The average Bonchev–Trinajstić information content (AvgIpc) is 1.83. The molecular formula is C6H10O2. The summed E-state index contributed by atoms with van der Waals surface area (Å²) in [7, 11) is 0. The smallest absolute Gasteiger partial charge is 0.305 e. The molecule has 0 unspecified atom stereocenters. The van der Waals surface area contributed by atoms with E-state index in [1.54, 1.807) is 6.92 Å². The Balaban J connectivity index is 2.99. The maximum Gasteiger partial charge on any atom is 0.305 e. The van der Waals surface area contributed by atoms with Gasteiger partial charge < -0.3 is 4.74 Å². The van der Waals surface area contributed by atoms with Crippen molar-refractivity contribution in [2.75, 3.05) is 6.61 Å². The predicted molar refractivity (Wildman–Crippen MR) is 30.2 cm³/mol. The summed E-state index contributed by atoms with van der Waals surface area (Å²) in [5.41, 5.74) is 0. The molecule has 0 atom stereocenters. The molecule has 0 saturated heterocycles. The van der Waals surface area contributed by atoms with Crippen LogP contribution < -0.4 is 0 Å². The van der Waals surface area contributed by atoms with Gasteiger partial charge >= 0.3 is 5.97 Å². The van der Waals surface area contributed by atoms with Crippen molar-refractivity contribution in [3.8, 4) is 0 Å². The van der Waals surface area contributed by atoms with Crippen molar-refractivity contribution in [3.05, 3.63) is 6.92 Å². The van der Waals surface area contributed by atoms with Gasteiger partial charge in [-0.3, -0.25) is 4.79 Å². The van der Waals surface area contributed by atoms with Gasteiger partial charge in [0.25, 0.3) is 0 Å². The summed E-state index contributed by atoms with van der Waals surface area (Å²) in [5.74, 6) is -0.185. The Hall–Kier alpha value is -0.530. The maximum atomic E-state index is 10.3. The van der Waals surface area contributed by atoms with Crippen LogP contribution in [0.25, 0.3) is 0 Å². The molecule has 0 aromatic heterocycles. The summed E-state index contributed by atoms with van der Waals surface area (Å²) < 4.78 is 4.58. The van der Waals surface area contributed by atoms with Crippen molar-refractivity contribution in [2.45, 2.75) is 19.8 Å². The summed E-state index contributed by atoms with van der Waals surface area (Å²) in [4.78, 5) is 10.3. The number of hydrogen-bond donors (Lipinski definition) is 0. The molecule has 8 heavy (non-hydrogen) atoms. The zero-order valence-electron chi connectivity index (χ0n) is 5.02. The van der Waals surface area contributed by atoms with Gasteiger partial charge in [-0.05, 0) is 13.3 Å². The van der Waals surface area contributed by atoms with Crippen LogP contribution in [0.1, 0.15) is 19.8 Å². The molecule has 0 spiro atoms. The maximum absolute atomic E-state index is 10.3. The van der Waals surface area contributed by atoms with Crippen LogP contribution in [0.3, 0.4) is 0 Å². The minimum Gasteiger partial charge on any atom is -0.466 e. The normalized spacial score (nSPS) is 8.75. The van der Waals surface area contributed by atoms with E-state index in [1.807, 2.05) is 0 Å². The third kappa shape index (κ3) is 3.65. The fourth-order valence-corrected chi connectivity index (χ4v) is 0.275. The van der Waals surface area contributed by atoms with Gasteiger partial charge in [-0.2, -0.15) is 0 Å². The molecule has 0 rings (SSSR count). The van der Waals surface area contributed by atoms with Crippen LogP contribution in [0.15, 0.2) is 0 Å². The van der Waals surface area contributed by atoms with E-state index < -0.39 is 0 Å². The van der Waals surface area contributed by atoms with E-state index in [0.29, 0.717) is 19.4 Å². The first kappa shape index (κ1) is 7.47. The monoisotopic (exact) mass is 114 g/mol. The van der Waals surface area contributed by atoms with Gasteiger partial charge in [0.05, 0.1) is 6.61 Å². The minimum atomic E-state index is -0.185. The van der Waals surface area contributed by atoms with Gasteiger partial charge in [0, 0.05) is 6.42 Å². The second kappa shape index (κ2) is 4.62. The lowest BCUT2D eigenvalue weighted by Crippen LogP contribution is -2.02. The van der Waals surface area contributed by atoms with E-state index >= 15 is 0 Å². The predicted octanol–water partition coefficient (Wildman–Crippen LogP) is 1.04. The second-order valence-corrected chi connectivity index (χ2v) is 1.36. The lowest BCUT2D eigenvalue weighted by molar-refractivity contribution is -0.143. The van der Waals surface area contributed by atoms with E-state index in [0.717, 1.165) is 0 Å². The highest BCUT2D eigenvalue weighted by Crippen LogP contribution is 1.84. The molecule has 0 fully saturated rings. The summed E-state index contributed by atoms with van der Waals surface area (Å²) >= 11 is 0. The molecule has 2 radical (unpaired) electrons. The van der Waals surface area contributed by atoms with Crippen LogP contribution >= 0.6 is 0 Å². The topological polar surface area (TPSA) is 26.3 Å². The standard InChI is InChI=1S/C6H10O2/c1-3-5-8-6(7)4-2/h1H,3-5H2,2H3. The minimum absolute atomic E-state index is 0.185. The summed E-state index contributed by atoms with van der Waals surface area (Å²) in [6.45, 7) is 7.14. The number of ether oxygens (including phenoxy) is 1. The van der Waals surface area contributed by atoms with Crippen LogP contribution in [0.4, 0.5) is 0 Å². The number of carbonyl (C=O) groups is 1. The molecule has 0 amide bonds. The molecule has 0 aliphatic carbocycles. The second-order valence-electron chi connectivity index (χ2n) is 1.36. The highest BCUT2D eigenvalue weighted by molar-refractivity contribution is 5.68. The largest absolute Gasteiger partial charge is 0.466 e. The molecule has 2 nitrogen and oxygen atoms in total. The molecule has 0 saturated carbocycles. The van der Waals surface area contributed by atoms with Gasteiger partial charge in [0.2, 0.25) is 0 Å². The highest BCUT2D eigenvalue weighted by Gasteiger charge is 1.93. The van der Waals surface area contributed by atoms with E-state index in [2.05, 4.69) is 4.74 Å². The van der Waals surface area contributed by atoms with Crippen molar-refractivity contribution in [1.29, 1.82) is 0 Å². The lowest BCUT2D eigenvalue weighted by atomic mass is 10.5. The van der Waals surface area contributed by atoms with Gasteiger partial charge in [-0.25, -0.2) is 0 Å². The molecule has 0 aliphatic rings. The van der Waals surface area contributed by atoms with E-state index in [1.165, 1.54) is 0 Å². The lowest BCUT2D eigenvalue weighted by Gasteiger charge is -1.97. The zero-order valence-corrected chi connectivity index (χ0v) is 5.02. The fraction of sp³-hybridized carbons (Fsp3) is 0.667. The van der Waals surface area contributed by atoms with Crippen LogP contribution in [0.5, 0.6) is 0 Å². The Morgan fingerprint density at radius 2 is 2.38 bits per heavy atom. The van der Waals surface area contributed by atoms with Crippen LogP contribution in [0.2, 0.25) is 0 Å². The number of hydrogen-bond acceptors (Lipinski definition) is 2. The molecule has 0 aromatic carbocycles. The summed E-state index contributed by atoms with van der Waals surface area (Å²) in [6.07, 6.45) is 0.839. The molecular weight excluding hydrogens is 104 g/mol. The molecule has 2 heteroatoms. The van der Waals surface area contributed by atoms with E-state index in [4.69, 9.17) is 6.92 Å². The Labute approximate surface area is 49.8 Å². The highest BCUT2D eigenvalue weighted by atomic mass is 16.5. The van der Waals surface area contributed by atoms with Crippen LogP contribution in [0, 0.1) is 6.92 Å². The van der Waals surface area contributed by atoms with Gasteiger partial charge in [-0.15, -0.1) is 0 Å². The molecule has 0 bridgehead atoms. The molecule has 0 aromatic rings. The van der Waals surface area contributed by atoms with Crippen molar-refractivity contribution in [1.82, 2.24) is 0 Å². The van der Waals surface area contributed by atoms with Gasteiger partial charge in [0.1, 0.15) is 0 Å². The van der Waals surface area contributed by atoms with Crippen molar-refractivity contribution in [2.24, 2.45) is 0 Å². The first-order valence-electron chi connectivity index (χ1n) is 2.67. The average molecular weight is 114 g/mol. The van der Waals surface area contributed by atoms with Crippen LogP contribution in [-0.4, -0.2) is 12.6 Å². The van der Waals surface area contributed by atoms with Gasteiger partial charge in [-0.1, -0.05) is 6.92 Å². The Morgan fingerprint density at radius 3 is 2.75 bits per heavy atom. The molecule has 0 N–H and O–H groups in total. The van der Waals surface area contributed by atoms with Crippen molar-refractivity contribution < 1.29 is 9.53 Å². The molecule has 0 aliphatic heterocycles. The SMILES string of the molecule is [CH]CCOC(=O)CC. The van der Waals surface area contributed by atoms with Crippen molar-refractivity contribution >= 4 is 5.97 Å².